The summed E-state index contributed by atoms with van der Waals surface area (Å²) in [5.41, 5.74) is 0.846. The van der Waals surface area contributed by atoms with E-state index in [1.807, 2.05) is 35.2 Å². The van der Waals surface area contributed by atoms with Crippen LogP contribution >= 0.6 is 0 Å². The maximum atomic E-state index is 12.2. The SMILES string of the molecule is COC(=O)[Si]CCC(=O)N1CCOC(c2ccccc2)C1. The lowest BCUT2D eigenvalue weighted by molar-refractivity contribution is -0.138. The molecule has 1 aromatic rings. The summed E-state index contributed by atoms with van der Waals surface area (Å²) in [5.74, 6) is 0.0793. The Balaban J connectivity index is 1.83. The van der Waals surface area contributed by atoms with Crippen LogP contribution in [-0.4, -0.2) is 52.7 Å². The van der Waals surface area contributed by atoms with Gasteiger partial charge in [0.05, 0.1) is 20.3 Å². The fraction of sp³-hybridized carbons (Fsp3) is 0.467. The van der Waals surface area contributed by atoms with E-state index in [1.165, 1.54) is 7.11 Å². The van der Waals surface area contributed by atoms with Gasteiger partial charge < -0.3 is 14.4 Å². The Morgan fingerprint density at radius 2 is 2.14 bits per heavy atom. The first-order chi connectivity index (χ1) is 10.2. The Bertz CT molecular complexity index is 480. The third kappa shape index (κ3) is 4.68. The van der Waals surface area contributed by atoms with E-state index in [-0.39, 0.29) is 27.1 Å². The number of nitrogens with zero attached hydrogens (tertiary/aromatic N) is 1. The topological polar surface area (TPSA) is 55.8 Å². The van der Waals surface area contributed by atoms with Crippen LogP contribution in [0, 0.1) is 0 Å². The van der Waals surface area contributed by atoms with Gasteiger partial charge in [-0.25, -0.2) is 0 Å². The molecule has 112 valence electrons. The first-order valence-electron chi connectivity index (χ1n) is 6.97. The zero-order valence-corrected chi connectivity index (χ0v) is 13.1. The van der Waals surface area contributed by atoms with Crippen LogP contribution in [0.1, 0.15) is 18.1 Å². The quantitative estimate of drug-likeness (QED) is 0.779. The maximum Gasteiger partial charge on any atom is 0.267 e. The average molecular weight is 305 g/mol. The highest BCUT2D eigenvalue weighted by Gasteiger charge is 2.25. The maximum absolute atomic E-state index is 12.2. The summed E-state index contributed by atoms with van der Waals surface area (Å²) in [6.07, 6.45) is 0.321. The van der Waals surface area contributed by atoms with Crippen LogP contribution in [0.2, 0.25) is 6.04 Å². The molecule has 1 aliphatic heterocycles. The van der Waals surface area contributed by atoms with Crippen LogP contribution in [0.5, 0.6) is 0 Å². The van der Waals surface area contributed by atoms with Gasteiger partial charge in [0, 0.05) is 13.0 Å². The second-order valence-electron chi connectivity index (χ2n) is 4.78. The van der Waals surface area contributed by atoms with Gasteiger partial charge >= 0.3 is 0 Å². The van der Waals surface area contributed by atoms with Gasteiger partial charge in [-0.1, -0.05) is 30.3 Å². The molecule has 2 radical (unpaired) electrons. The fourth-order valence-electron chi connectivity index (χ4n) is 2.25. The molecule has 21 heavy (non-hydrogen) atoms. The number of carbonyl (C=O) groups excluding carboxylic acids is 2. The van der Waals surface area contributed by atoms with Gasteiger partial charge in [-0.15, -0.1) is 0 Å². The van der Waals surface area contributed by atoms with Gasteiger partial charge in [0.25, 0.3) is 5.59 Å². The van der Waals surface area contributed by atoms with E-state index in [4.69, 9.17) is 4.74 Å². The predicted molar refractivity (Wildman–Crippen MR) is 79.3 cm³/mol. The van der Waals surface area contributed by atoms with E-state index in [9.17, 15) is 9.59 Å². The number of morpholine rings is 1. The first kappa shape index (κ1) is 15.7. The molecule has 1 saturated heterocycles. The number of benzene rings is 1. The van der Waals surface area contributed by atoms with Crippen molar-refractivity contribution in [1.82, 2.24) is 4.90 Å². The third-order valence-electron chi connectivity index (χ3n) is 3.38. The van der Waals surface area contributed by atoms with Crippen LogP contribution in [0.3, 0.4) is 0 Å². The molecule has 0 aromatic heterocycles. The summed E-state index contributed by atoms with van der Waals surface area (Å²) < 4.78 is 10.3. The minimum Gasteiger partial charge on any atom is -0.474 e. The standard InChI is InChI=1S/C15H19NO4Si/c1-19-15(18)21-10-7-14(17)16-8-9-20-13(11-16)12-5-3-2-4-6-12/h2-6,13H,7-11H2,1H3. The molecule has 0 bridgehead atoms. The van der Waals surface area contributed by atoms with Gasteiger partial charge in [-0.2, -0.15) is 0 Å². The van der Waals surface area contributed by atoms with Crippen LogP contribution < -0.4 is 0 Å². The van der Waals surface area contributed by atoms with Crippen molar-refractivity contribution in [2.45, 2.75) is 18.6 Å². The summed E-state index contributed by atoms with van der Waals surface area (Å²) in [6.45, 7) is 1.73. The zero-order chi connectivity index (χ0) is 15.1. The van der Waals surface area contributed by atoms with Crippen molar-refractivity contribution in [2.75, 3.05) is 26.8 Å². The Morgan fingerprint density at radius 3 is 2.86 bits per heavy atom. The van der Waals surface area contributed by atoms with Crippen molar-refractivity contribution in [3.05, 3.63) is 35.9 Å². The molecule has 0 aliphatic carbocycles. The Kier molecular flexibility index (Phi) is 5.95. The fourth-order valence-corrected chi connectivity index (χ4v) is 2.93. The predicted octanol–water partition coefficient (Wildman–Crippen LogP) is 1.87. The van der Waals surface area contributed by atoms with Crippen molar-refractivity contribution < 1.29 is 19.1 Å². The minimum atomic E-state index is -0.244. The summed E-state index contributed by atoms with van der Waals surface area (Å²) >= 11 is 0. The van der Waals surface area contributed by atoms with E-state index in [0.29, 0.717) is 32.2 Å². The second kappa shape index (κ2) is 7.95. The van der Waals surface area contributed by atoms with E-state index in [0.717, 1.165) is 5.56 Å². The lowest BCUT2D eigenvalue weighted by Crippen LogP contribution is -2.42. The molecule has 1 unspecified atom stereocenters. The van der Waals surface area contributed by atoms with E-state index in [2.05, 4.69) is 4.74 Å². The lowest BCUT2D eigenvalue weighted by Gasteiger charge is -2.33. The Labute approximate surface area is 127 Å². The number of rotatable bonds is 5. The van der Waals surface area contributed by atoms with Crippen molar-refractivity contribution in [3.63, 3.8) is 0 Å². The molecule has 0 saturated carbocycles. The first-order valence-corrected chi connectivity index (χ1v) is 8.17. The van der Waals surface area contributed by atoms with Crippen LogP contribution in [0.25, 0.3) is 0 Å². The number of hydrogen-bond acceptors (Lipinski definition) is 4. The molecule has 0 spiro atoms. The van der Waals surface area contributed by atoms with Crippen LogP contribution in [-0.2, 0) is 14.3 Å². The van der Waals surface area contributed by atoms with Crippen molar-refractivity contribution in [1.29, 1.82) is 0 Å². The summed E-state index contributed by atoms with van der Waals surface area (Å²) in [4.78, 5) is 25.0. The van der Waals surface area contributed by atoms with E-state index < -0.39 is 0 Å². The molecule has 2 rings (SSSR count). The molecule has 1 fully saturated rings. The largest absolute Gasteiger partial charge is 0.474 e. The zero-order valence-electron chi connectivity index (χ0n) is 12.1. The molecule has 5 nitrogen and oxygen atoms in total. The molecule has 1 atom stereocenters. The monoisotopic (exact) mass is 305 g/mol. The van der Waals surface area contributed by atoms with Crippen molar-refractivity contribution in [2.24, 2.45) is 0 Å². The van der Waals surface area contributed by atoms with Gasteiger partial charge in [-0.3, -0.25) is 9.59 Å². The summed E-state index contributed by atoms with van der Waals surface area (Å²) in [6, 6.07) is 10.5. The molecule has 1 amide bonds. The molecule has 1 aromatic carbocycles. The summed E-state index contributed by atoms with van der Waals surface area (Å²) in [5, 5.41) is 0. The number of carbonyl (C=O) groups is 2. The Morgan fingerprint density at radius 1 is 1.38 bits per heavy atom. The number of methoxy groups -OCH3 is 1. The van der Waals surface area contributed by atoms with Crippen molar-refractivity contribution >= 4 is 21.0 Å². The summed E-state index contributed by atoms with van der Waals surface area (Å²) in [7, 11) is 1.40. The highest BCUT2D eigenvalue weighted by Crippen LogP contribution is 2.22. The van der Waals surface area contributed by atoms with Crippen LogP contribution in [0.15, 0.2) is 30.3 Å². The molecule has 1 aliphatic rings. The normalized spacial score (nSPS) is 18.3. The molecule has 0 N–H and O–H groups in total. The second-order valence-corrected chi connectivity index (χ2v) is 6.04. The number of hydrogen-bond donors (Lipinski definition) is 0. The smallest absolute Gasteiger partial charge is 0.267 e. The van der Waals surface area contributed by atoms with Gasteiger partial charge in [0.1, 0.15) is 6.10 Å². The third-order valence-corrected chi connectivity index (χ3v) is 4.38. The number of amides is 1. The molecule has 6 heteroatoms. The highest BCUT2D eigenvalue weighted by atomic mass is 28.2. The van der Waals surface area contributed by atoms with Gasteiger partial charge in [-0.05, 0) is 11.6 Å². The van der Waals surface area contributed by atoms with Crippen molar-refractivity contribution in [3.8, 4) is 0 Å². The highest BCUT2D eigenvalue weighted by molar-refractivity contribution is 6.72. The van der Waals surface area contributed by atoms with Gasteiger partial charge in [0.2, 0.25) is 5.91 Å². The minimum absolute atomic E-state index is 0.0399. The molecular formula is C15H19NO4Si. The van der Waals surface area contributed by atoms with Gasteiger partial charge in [0.15, 0.2) is 9.52 Å². The molecule has 1 heterocycles. The van der Waals surface area contributed by atoms with E-state index >= 15 is 0 Å². The van der Waals surface area contributed by atoms with Crippen LogP contribution in [0.4, 0.5) is 4.79 Å². The molecular weight excluding hydrogens is 286 g/mol. The van der Waals surface area contributed by atoms with E-state index in [1.54, 1.807) is 0 Å². The number of ether oxygens (including phenoxy) is 2. The Hall–Kier alpha value is -1.66. The average Bonchev–Trinajstić information content (AvgIpc) is 2.55. The lowest BCUT2D eigenvalue weighted by atomic mass is 10.1.